The summed E-state index contributed by atoms with van der Waals surface area (Å²) in [5.41, 5.74) is 24.6. The normalized spacial score (nSPS) is 22.3. The third-order valence-electron chi connectivity index (χ3n) is 6.82. The van der Waals surface area contributed by atoms with Gasteiger partial charge in [-0.1, -0.05) is 11.6 Å². The van der Waals surface area contributed by atoms with E-state index in [1.165, 1.54) is 24.4 Å². The number of piperidine rings is 2. The largest absolute Gasteiger partial charge is 0.506 e. The van der Waals surface area contributed by atoms with Crippen molar-refractivity contribution in [3.63, 3.8) is 0 Å². The van der Waals surface area contributed by atoms with Gasteiger partial charge < -0.3 is 53.5 Å². The molecule has 2 aliphatic heterocycles. The molecular weight excluding hydrogens is 587 g/mol. The molecule has 4 heterocycles. The van der Waals surface area contributed by atoms with Crippen LogP contribution in [0.3, 0.4) is 0 Å². The fraction of sp³-hybridized carbons (Fsp3) is 0.400. The molecule has 17 heteroatoms. The molecule has 1 aromatic carbocycles. The van der Waals surface area contributed by atoms with Crippen molar-refractivity contribution in [2.24, 2.45) is 22.9 Å². The molecule has 42 heavy (non-hydrogen) atoms. The van der Waals surface area contributed by atoms with E-state index in [0.717, 1.165) is 0 Å². The van der Waals surface area contributed by atoms with Crippen LogP contribution in [0.1, 0.15) is 23.2 Å². The second-order valence-electron chi connectivity index (χ2n) is 10.5. The molecule has 0 bridgehead atoms. The number of anilines is 5. The van der Waals surface area contributed by atoms with E-state index < -0.39 is 11.5 Å². The number of hydrogen-bond acceptors (Lipinski definition) is 13. The second kappa shape index (κ2) is 13.1. The molecule has 2 saturated heterocycles. The highest BCUT2D eigenvalue weighted by Crippen LogP contribution is 2.29. The number of benzene rings is 1. The molecule has 3 aromatic rings. The van der Waals surface area contributed by atoms with Crippen molar-refractivity contribution in [2.75, 3.05) is 46.6 Å². The minimum atomic E-state index is -0.729. The first-order valence-corrected chi connectivity index (χ1v) is 13.5. The number of pyridine rings is 1. The molecule has 0 aliphatic carbocycles. The molecular formula is C25H34Cl2N12O3. The van der Waals surface area contributed by atoms with Crippen LogP contribution in [0.5, 0.6) is 5.75 Å². The molecule has 226 valence electrons. The zero-order valence-corrected chi connectivity index (χ0v) is 24.1. The van der Waals surface area contributed by atoms with Gasteiger partial charge in [0.2, 0.25) is 17.8 Å². The fourth-order valence-corrected chi connectivity index (χ4v) is 5.20. The molecule has 0 unspecified atom stereocenters. The summed E-state index contributed by atoms with van der Waals surface area (Å²) < 4.78 is 0. The number of halogens is 2. The number of hydrogen-bond donors (Lipinski definition) is 8. The van der Waals surface area contributed by atoms with Crippen molar-refractivity contribution in [3.8, 4) is 5.75 Å². The highest BCUT2D eigenvalue weighted by atomic mass is 35.5. The van der Waals surface area contributed by atoms with Crippen LogP contribution >= 0.6 is 24.0 Å². The van der Waals surface area contributed by atoms with Crippen LogP contribution < -0.4 is 48.9 Å². The van der Waals surface area contributed by atoms with Crippen LogP contribution in [0.15, 0.2) is 35.3 Å². The maximum Gasteiger partial charge on any atom is 0.261 e. The van der Waals surface area contributed by atoms with Gasteiger partial charge in [-0.05, 0) is 31.0 Å². The molecule has 12 N–H and O–H groups in total. The van der Waals surface area contributed by atoms with Crippen molar-refractivity contribution in [2.45, 2.75) is 37.0 Å². The summed E-state index contributed by atoms with van der Waals surface area (Å²) >= 11 is 5.89. The van der Waals surface area contributed by atoms with Gasteiger partial charge in [0.05, 0.1) is 10.7 Å². The molecule has 0 saturated carbocycles. The maximum absolute atomic E-state index is 12.6. The molecule has 4 atom stereocenters. The Hall–Kier alpha value is -3.73. The van der Waals surface area contributed by atoms with Crippen molar-refractivity contribution in [1.29, 1.82) is 0 Å². The number of aromatic amines is 1. The third-order valence-corrected chi connectivity index (χ3v) is 7.04. The van der Waals surface area contributed by atoms with Gasteiger partial charge >= 0.3 is 0 Å². The number of carbonyl (C=O) groups excluding carboxylic acids is 1. The molecule has 5 rings (SSSR count). The zero-order chi connectivity index (χ0) is 29.3. The number of phenols is 1. The van der Waals surface area contributed by atoms with Crippen molar-refractivity contribution in [1.82, 2.24) is 19.9 Å². The summed E-state index contributed by atoms with van der Waals surface area (Å²) in [6.45, 7) is 2.11. The van der Waals surface area contributed by atoms with Crippen LogP contribution in [0.4, 0.5) is 29.2 Å². The molecule has 2 aromatic heterocycles. The van der Waals surface area contributed by atoms with Gasteiger partial charge in [-0.25, -0.2) is 0 Å². The predicted molar refractivity (Wildman–Crippen MR) is 164 cm³/mol. The Morgan fingerprint density at radius 1 is 0.929 bits per heavy atom. The van der Waals surface area contributed by atoms with Gasteiger partial charge in [-0.3, -0.25) is 9.59 Å². The van der Waals surface area contributed by atoms with Crippen LogP contribution in [0.25, 0.3) is 0 Å². The van der Waals surface area contributed by atoms with Gasteiger partial charge in [-0.15, -0.1) is 12.4 Å². The van der Waals surface area contributed by atoms with E-state index >= 15 is 0 Å². The van der Waals surface area contributed by atoms with E-state index in [0.29, 0.717) is 56.6 Å². The first-order chi connectivity index (χ1) is 19.5. The van der Waals surface area contributed by atoms with Crippen molar-refractivity contribution >= 4 is 59.1 Å². The summed E-state index contributed by atoms with van der Waals surface area (Å²) in [6, 6.07) is 5.19. The van der Waals surface area contributed by atoms with Gasteiger partial charge in [0.1, 0.15) is 11.3 Å². The summed E-state index contributed by atoms with van der Waals surface area (Å²) in [7, 11) is 0. The van der Waals surface area contributed by atoms with E-state index in [1.54, 1.807) is 6.07 Å². The lowest BCUT2D eigenvalue weighted by Gasteiger charge is -2.37. The van der Waals surface area contributed by atoms with E-state index in [-0.39, 0.29) is 64.5 Å². The number of aromatic nitrogens is 4. The monoisotopic (exact) mass is 620 g/mol. The van der Waals surface area contributed by atoms with Crippen molar-refractivity contribution in [3.05, 3.63) is 51.4 Å². The van der Waals surface area contributed by atoms with E-state index in [9.17, 15) is 14.7 Å². The van der Waals surface area contributed by atoms with E-state index in [4.69, 9.17) is 39.5 Å². The van der Waals surface area contributed by atoms with Crippen LogP contribution in [-0.2, 0) is 0 Å². The van der Waals surface area contributed by atoms with Crippen LogP contribution in [0.2, 0.25) is 5.02 Å². The summed E-state index contributed by atoms with van der Waals surface area (Å²) in [5.74, 6) is 0.0306. The van der Waals surface area contributed by atoms with E-state index in [2.05, 4.69) is 25.6 Å². The first-order valence-electron chi connectivity index (χ1n) is 13.1. The Kier molecular flexibility index (Phi) is 9.71. The number of nitrogens with two attached hydrogens (primary N) is 4. The first kappa shape index (κ1) is 31.2. The lowest BCUT2D eigenvalue weighted by molar-refractivity contribution is 0.102. The van der Waals surface area contributed by atoms with E-state index in [1.807, 2.05) is 9.80 Å². The number of aromatic hydroxyl groups is 1. The Bertz CT molecular complexity index is 1430. The SMILES string of the molecule is Cl.N[C@@H]1C[C@H](N)CN(c2nc(Nc3ccc(NC(=O)c4cc(Cl)c[nH]c4=O)c(O)c3)nc(N3C[C@H](N)C[C@H](N)C3)n2)C1. The number of amides is 1. The highest BCUT2D eigenvalue weighted by Gasteiger charge is 2.29. The number of nitrogens with zero attached hydrogens (tertiary/aromatic N) is 5. The third kappa shape index (κ3) is 7.36. The Labute approximate surface area is 252 Å². The second-order valence-corrected chi connectivity index (χ2v) is 10.9. The molecule has 15 nitrogen and oxygen atoms in total. The molecule has 0 radical (unpaired) electrons. The predicted octanol–water partition coefficient (Wildman–Crippen LogP) is 0.0660. The highest BCUT2D eigenvalue weighted by molar-refractivity contribution is 6.30. The van der Waals surface area contributed by atoms with Gasteiger partial charge in [0, 0.05) is 68.3 Å². The van der Waals surface area contributed by atoms with Gasteiger partial charge in [0.25, 0.3) is 11.5 Å². The maximum atomic E-state index is 12.6. The minimum Gasteiger partial charge on any atom is -0.506 e. The Morgan fingerprint density at radius 3 is 2.00 bits per heavy atom. The molecule has 2 aliphatic rings. The number of phenolic OH excluding ortho intramolecular Hbond substituents is 1. The Morgan fingerprint density at radius 2 is 1.48 bits per heavy atom. The fourth-order valence-electron chi connectivity index (χ4n) is 5.04. The number of H-pyrrole nitrogens is 1. The molecule has 0 spiro atoms. The Balaban J connectivity index is 0.00000405. The van der Waals surface area contributed by atoms with Crippen molar-refractivity contribution < 1.29 is 9.90 Å². The lowest BCUT2D eigenvalue weighted by Crippen LogP contribution is -2.54. The van der Waals surface area contributed by atoms with Crippen LogP contribution in [-0.4, -0.2) is 81.3 Å². The van der Waals surface area contributed by atoms with Crippen LogP contribution in [0, 0.1) is 0 Å². The minimum absolute atomic E-state index is 0. The topological polar surface area (TPSA) is 243 Å². The smallest absolute Gasteiger partial charge is 0.261 e. The standard InChI is InChI=1S/C25H33ClN12O3.ClH/c26-12-3-18(21(40)31-7-12)22(41)33-19-2-1-17(6-20(19)39)32-23-34-24(37-8-13(27)4-14(28)9-37)36-25(35-23)38-10-15(29)5-16(30)11-38;/h1-3,6-7,13-16,39H,4-5,8-11,27-30H2,(H,31,40)(H,33,41)(H,32,34,35,36);1H/t13-,14+,15-,16+;. The van der Waals surface area contributed by atoms with Gasteiger partial charge in [0.15, 0.2) is 0 Å². The summed E-state index contributed by atoms with van der Waals surface area (Å²) in [4.78, 5) is 44.7. The quantitative estimate of drug-likeness (QED) is 0.170. The molecule has 2 fully saturated rings. The number of nitrogens with one attached hydrogen (secondary N) is 3. The van der Waals surface area contributed by atoms with Gasteiger partial charge in [-0.2, -0.15) is 15.0 Å². The lowest BCUT2D eigenvalue weighted by atomic mass is 10.0. The number of rotatable bonds is 6. The number of carbonyl (C=O) groups is 1. The molecule has 1 amide bonds. The average Bonchev–Trinajstić information content (AvgIpc) is 2.90. The average molecular weight is 622 g/mol. The summed E-state index contributed by atoms with van der Waals surface area (Å²) in [5, 5.41) is 16.4. The summed E-state index contributed by atoms with van der Waals surface area (Å²) in [6.07, 6.45) is 2.67. The zero-order valence-electron chi connectivity index (χ0n) is 22.5.